The van der Waals surface area contributed by atoms with E-state index in [4.69, 9.17) is 4.74 Å². The van der Waals surface area contributed by atoms with Crippen LogP contribution in [0.5, 0.6) is 5.75 Å². The maximum absolute atomic E-state index is 13.3. The Morgan fingerprint density at radius 1 is 1.32 bits per heavy atom. The third-order valence-electron chi connectivity index (χ3n) is 2.49. The van der Waals surface area contributed by atoms with Crippen LogP contribution < -0.4 is 4.74 Å². The van der Waals surface area contributed by atoms with Crippen molar-refractivity contribution in [2.75, 3.05) is 6.61 Å². The van der Waals surface area contributed by atoms with E-state index in [0.29, 0.717) is 17.5 Å². The van der Waals surface area contributed by atoms with Crippen LogP contribution in [0.2, 0.25) is 0 Å². The summed E-state index contributed by atoms with van der Waals surface area (Å²) in [7, 11) is 0. The molecule has 0 atom stereocenters. The highest BCUT2D eigenvalue weighted by atomic mass is 19.1. The Kier molecular flexibility index (Phi) is 3.59. The summed E-state index contributed by atoms with van der Waals surface area (Å²) in [5.41, 5.74) is 1.38. The number of carbonyl (C=O) groups is 1. The Hall–Kier alpha value is -2.24. The molecule has 0 aliphatic carbocycles. The first-order valence-corrected chi connectivity index (χ1v) is 5.61. The smallest absolute Gasteiger partial charge is 0.284 e. The second-order valence-corrected chi connectivity index (χ2v) is 4.10. The Morgan fingerprint density at radius 3 is 2.63 bits per heavy atom. The third-order valence-corrected chi connectivity index (χ3v) is 2.49. The minimum atomic E-state index is -0.846. The fourth-order valence-electron chi connectivity index (χ4n) is 1.67. The molecular weight excluding hydrogens is 254 g/mol. The zero-order chi connectivity index (χ0) is 14.0. The topological polar surface area (TPSA) is 44.1 Å². The third kappa shape index (κ3) is 2.96. The molecule has 0 bridgehead atoms. The number of hydrogen-bond acceptors (Lipinski definition) is 3. The summed E-state index contributed by atoms with van der Waals surface area (Å²) in [6.45, 7) is 3.12. The number of aryl methyl sites for hydroxylation is 2. The average molecular weight is 266 g/mol. The van der Waals surface area contributed by atoms with Crippen LogP contribution in [0.3, 0.4) is 0 Å². The monoisotopic (exact) mass is 266 g/mol. The maximum Gasteiger partial charge on any atom is 0.284 e. The predicted molar refractivity (Wildman–Crippen MR) is 64.2 cm³/mol. The van der Waals surface area contributed by atoms with Crippen LogP contribution in [0.25, 0.3) is 0 Å². The molecule has 1 aromatic carbocycles. The van der Waals surface area contributed by atoms with Crippen LogP contribution in [0.15, 0.2) is 24.3 Å². The maximum atomic E-state index is 13.3. The lowest BCUT2D eigenvalue weighted by atomic mass is 10.3. The second-order valence-electron chi connectivity index (χ2n) is 4.10. The summed E-state index contributed by atoms with van der Waals surface area (Å²) in [6, 6.07) is 4.64. The first kappa shape index (κ1) is 13.2. The van der Waals surface area contributed by atoms with Gasteiger partial charge in [0.2, 0.25) is 0 Å². The van der Waals surface area contributed by atoms with Crippen molar-refractivity contribution >= 4 is 5.91 Å². The van der Waals surface area contributed by atoms with Crippen LogP contribution in [0.1, 0.15) is 16.2 Å². The molecule has 0 aliphatic rings. The number of nitrogens with zero attached hydrogens (tertiary/aromatic N) is 2. The van der Waals surface area contributed by atoms with Gasteiger partial charge in [0, 0.05) is 11.8 Å². The van der Waals surface area contributed by atoms with Gasteiger partial charge in [-0.15, -0.1) is 0 Å². The van der Waals surface area contributed by atoms with Gasteiger partial charge in [0.1, 0.15) is 5.82 Å². The summed E-state index contributed by atoms with van der Waals surface area (Å²) in [4.78, 5) is 11.8. The van der Waals surface area contributed by atoms with Crippen molar-refractivity contribution in [1.29, 1.82) is 0 Å². The molecule has 0 fully saturated rings. The largest absolute Gasteiger partial charge is 0.481 e. The summed E-state index contributed by atoms with van der Waals surface area (Å²) >= 11 is 0. The van der Waals surface area contributed by atoms with Gasteiger partial charge in [-0.05, 0) is 32.0 Å². The number of hydrogen-bond donors (Lipinski definition) is 0. The molecule has 6 heteroatoms. The van der Waals surface area contributed by atoms with Crippen molar-refractivity contribution in [3.05, 3.63) is 47.3 Å². The van der Waals surface area contributed by atoms with Gasteiger partial charge in [-0.1, -0.05) is 0 Å². The molecule has 0 amide bonds. The normalized spacial score (nSPS) is 10.5. The molecule has 0 saturated heterocycles. The molecular formula is C13H12F2N2O2. The first-order valence-electron chi connectivity index (χ1n) is 5.61. The van der Waals surface area contributed by atoms with Gasteiger partial charge in [0.25, 0.3) is 5.91 Å². The first-order chi connectivity index (χ1) is 8.97. The fourth-order valence-corrected chi connectivity index (χ4v) is 1.67. The van der Waals surface area contributed by atoms with Gasteiger partial charge >= 0.3 is 0 Å². The number of carbonyl (C=O) groups excluding carboxylic acids is 1. The second kappa shape index (κ2) is 5.17. The lowest BCUT2D eigenvalue weighted by molar-refractivity contribution is 0.0815. The van der Waals surface area contributed by atoms with E-state index in [1.165, 1.54) is 4.68 Å². The van der Waals surface area contributed by atoms with Crippen LogP contribution >= 0.6 is 0 Å². The standard InChI is InChI=1S/C13H12F2N2O2/c1-8-5-9(2)17(16-8)13(18)7-19-12-4-3-10(14)6-11(12)15/h3-6H,7H2,1-2H3. The van der Waals surface area contributed by atoms with Gasteiger partial charge in [-0.3, -0.25) is 4.79 Å². The van der Waals surface area contributed by atoms with Gasteiger partial charge in [0.05, 0.1) is 5.69 Å². The van der Waals surface area contributed by atoms with E-state index in [2.05, 4.69) is 5.10 Å². The van der Waals surface area contributed by atoms with E-state index in [1.54, 1.807) is 19.9 Å². The molecule has 0 saturated carbocycles. The molecule has 0 radical (unpaired) electrons. The molecule has 4 nitrogen and oxygen atoms in total. The Labute approximate surface area is 108 Å². The Morgan fingerprint density at radius 2 is 2.05 bits per heavy atom. The van der Waals surface area contributed by atoms with E-state index < -0.39 is 17.5 Å². The van der Waals surface area contributed by atoms with Crippen molar-refractivity contribution in [2.24, 2.45) is 0 Å². The average Bonchev–Trinajstić information content (AvgIpc) is 2.67. The van der Waals surface area contributed by atoms with Crippen LogP contribution in [0.4, 0.5) is 8.78 Å². The SMILES string of the molecule is Cc1cc(C)n(C(=O)COc2ccc(F)cc2F)n1. The molecule has 0 N–H and O–H groups in total. The number of aromatic nitrogens is 2. The van der Waals surface area contributed by atoms with Crippen molar-refractivity contribution in [1.82, 2.24) is 9.78 Å². The van der Waals surface area contributed by atoms with Gasteiger partial charge < -0.3 is 4.74 Å². The predicted octanol–water partition coefficient (Wildman–Crippen LogP) is 2.50. The molecule has 0 spiro atoms. The minimum absolute atomic E-state index is 0.170. The number of benzene rings is 1. The molecule has 0 aliphatic heterocycles. The highest BCUT2D eigenvalue weighted by molar-refractivity contribution is 5.80. The van der Waals surface area contributed by atoms with Gasteiger partial charge in [0.15, 0.2) is 18.2 Å². The fraction of sp³-hybridized carbons (Fsp3) is 0.231. The molecule has 0 unspecified atom stereocenters. The molecule has 2 aromatic rings. The van der Waals surface area contributed by atoms with Crippen molar-refractivity contribution in [3.63, 3.8) is 0 Å². The summed E-state index contributed by atoms with van der Waals surface area (Å²) in [6.07, 6.45) is 0. The number of rotatable bonds is 3. The van der Waals surface area contributed by atoms with Gasteiger partial charge in [-0.25, -0.2) is 13.5 Å². The molecule has 1 aromatic heterocycles. The molecule has 2 rings (SSSR count). The zero-order valence-corrected chi connectivity index (χ0v) is 10.5. The summed E-state index contributed by atoms with van der Waals surface area (Å²) in [5, 5.41) is 3.99. The van der Waals surface area contributed by atoms with Gasteiger partial charge in [-0.2, -0.15) is 5.10 Å². The van der Waals surface area contributed by atoms with Crippen LogP contribution in [0, 0.1) is 25.5 Å². The number of ether oxygens (including phenoxy) is 1. The van der Waals surface area contributed by atoms with Crippen molar-refractivity contribution in [3.8, 4) is 5.75 Å². The van der Waals surface area contributed by atoms with Crippen LogP contribution in [-0.4, -0.2) is 22.3 Å². The lowest BCUT2D eigenvalue weighted by Gasteiger charge is -2.07. The highest BCUT2D eigenvalue weighted by Crippen LogP contribution is 2.17. The quantitative estimate of drug-likeness (QED) is 0.857. The summed E-state index contributed by atoms with van der Waals surface area (Å²) < 4.78 is 32.2. The van der Waals surface area contributed by atoms with E-state index in [0.717, 1.165) is 12.1 Å². The number of halogens is 2. The van der Waals surface area contributed by atoms with E-state index in [1.807, 2.05) is 0 Å². The molecule has 19 heavy (non-hydrogen) atoms. The summed E-state index contributed by atoms with van der Waals surface area (Å²) in [5.74, 6) is -2.14. The molecule has 100 valence electrons. The van der Waals surface area contributed by atoms with Crippen LogP contribution in [-0.2, 0) is 0 Å². The Balaban J connectivity index is 2.06. The molecule has 1 heterocycles. The zero-order valence-electron chi connectivity index (χ0n) is 10.5. The Bertz CT molecular complexity index is 623. The van der Waals surface area contributed by atoms with E-state index in [9.17, 15) is 13.6 Å². The van der Waals surface area contributed by atoms with Crippen molar-refractivity contribution < 1.29 is 18.3 Å². The lowest BCUT2D eigenvalue weighted by Crippen LogP contribution is -2.21. The van der Waals surface area contributed by atoms with E-state index >= 15 is 0 Å². The minimum Gasteiger partial charge on any atom is -0.481 e. The highest BCUT2D eigenvalue weighted by Gasteiger charge is 2.12. The van der Waals surface area contributed by atoms with Crippen molar-refractivity contribution in [2.45, 2.75) is 13.8 Å². The van der Waals surface area contributed by atoms with E-state index in [-0.39, 0.29) is 12.4 Å².